The van der Waals surface area contributed by atoms with E-state index in [1.54, 1.807) is 22.7 Å². The quantitative estimate of drug-likeness (QED) is 0.768. The van der Waals surface area contributed by atoms with Crippen LogP contribution in [0.25, 0.3) is 0 Å². The molecule has 1 fully saturated rings. The molecular formula is C18H25FN2O3S. The molecule has 1 aromatic rings. The van der Waals surface area contributed by atoms with Crippen LogP contribution < -0.4 is 5.32 Å². The van der Waals surface area contributed by atoms with Crippen molar-refractivity contribution in [3.05, 3.63) is 30.1 Å². The van der Waals surface area contributed by atoms with Gasteiger partial charge in [0.05, 0.1) is 12.0 Å². The number of benzene rings is 1. The van der Waals surface area contributed by atoms with E-state index in [4.69, 9.17) is 4.74 Å². The van der Waals surface area contributed by atoms with Crippen molar-refractivity contribution in [2.75, 3.05) is 17.7 Å². The Bertz CT molecular complexity index is 612. The van der Waals surface area contributed by atoms with Crippen molar-refractivity contribution >= 4 is 29.4 Å². The summed E-state index contributed by atoms with van der Waals surface area (Å²) >= 11 is 1.58. The van der Waals surface area contributed by atoms with Gasteiger partial charge in [0.15, 0.2) is 0 Å². The number of halogens is 1. The van der Waals surface area contributed by atoms with Gasteiger partial charge in [0, 0.05) is 11.4 Å². The molecule has 0 spiro atoms. The number of thioether (sulfide) groups is 1. The van der Waals surface area contributed by atoms with Crippen LogP contribution in [0.5, 0.6) is 0 Å². The molecule has 0 aromatic heterocycles. The Kier molecular flexibility index (Phi) is 7.11. The highest BCUT2D eigenvalue weighted by atomic mass is 32.2. The minimum atomic E-state index is -0.617. The summed E-state index contributed by atoms with van der Waals surface area (Å²) in [4.78, 5) is 26.7. The van der Waals surface area contributed by atoms with E-state index in [-0.39, 0.29) is 11.3 Å². The van der Waals surface area contributed by atoms with Crippen LogP contribution in [-0.4, -0.2) is 40.7 Å². The second-order valence-electron chi connectivity index (χ2n) is 6.45. The van der Waals surface area contributed by atoms with E-state index in [1.165, 1.54) is 18.2 Å². The van der Waals surface area contributed by atoms with Crippen LogP contribution in [0.4, 0.5) is 14.9 Å². The molecular weight excluding hydrogens is 343 g/mol. The summed E-state index contributed by atoms with van der Waals surface area (Å²) < 4.78 is 18.6. The molecule has 25 heavy (non-hydrogen) atoms. The molecule has 0 radical (unpaired) electrons. The Labute approximate surface area is 152 Å². The number of carbonyl (C=O) groups excluding carboxylic acids is 2. The number of nitrogens with zero attached hydrogens (tertiary/aromatic N) is 1. The molecule has 2 atom stereocenters. The number of anilines is 1. The van der Waals surface area contributed by atoms with Crippen molar-refractivity contribution in [1.29, 1.82) is 0 Å². The monoisotopic (exact) mass is 368 g/mol. The zero-order chi connectivity index (χ0) is 18.4. The Hall–Kier alpha value is -1.76. The summed E-state index contributed by atoms with van der Waals surface area (Å²) in [5.74, 6) is 0.0878. The lowest BCUT2D eigenvalue weighted by molar-refractivity contribution is -0.147. The normalized spacial score (nSPS) is 20.0. The second-order valence-corrected chi connectivity index (χ2v) is 7.66. The second kappa shape index (κ2) is 9.08. The van der Waals surface area contributed by atoms with Gasteiger partial charge in [0.1, 0.15) is 11.9 Å². The molecule has 1 saturated heterocycles. The number of urea groups is 1. The molecule has 1 aliphatic heterocycles. The van der Waals surface area contributed by atoms with Gasteiger partial charge >= 0.3 is 12.0 Å². The van der Waals surface area contributed by atoms with E-state index in [2.05, 4.69) is 19.2 Å². The Balaban J connectivity index is 2.15. The van der Waals surface area contributed by atoms with Crippen LogP contribution in [0.2, 0.25) is 0 Å². The average Bonchev–Trinajstić information content (AvgIpc) is 2.95. The van der Waals surface area contributed by atoms with Gasteiger partial charge < -0.3 is 10.1 Å². The summed E-state index contributed by atoms with van der Waals surface area (Å²) in [7, 11) is 0. The highest BCUT2D eigenvalue weighted by Gasteiger charge is 2.42. The van der Waals surface area contributed by atoms with Crippen molar-refractivity contribution in [1.82, 2.24) is 4.90 Å². The van der Waals surface area contributed by atoms with E-state index in [0.717, 1.165) is 12.8 Å². The van der Waals surface area contributed by atoms with Crippen molar-refractivity contribution in [3.63, 3.8) is 0 Å². The van der Waals surface area contributed by atoms with E-state index in [9.17, 15) is 14.0 Å². The van der Waals surface area contributed by atoms with Gasteiger partial charge in [-0.2, -0.15) is 0 Å². The number of amides is 2. The predicted molar refractivity (Wildman–Crippen MR) is 98.0 cm³/mol. The lowest BCUT2D eigenvalue weighted by atomic mass is 10.1. The minimum absolute atomic E-state index is 0.104. The molecule has 2 rings (SSSR count). The van der Waals surface area contributed by atoms with Crippen LogP contribution in [0, 0.1) is 11.7 Å². The highest BCUT2D eigenvalue weighted by molar-refractivity contribution is 8.00. The number of esters is 1. The molecule has 0 saturated carbocycles. The van der Waals surface area contributed by atoms with Gasteiger partial charge in [-0.1, -0.05) is 26.8 Å². The van der Waals surface area contributed by atoms with Crippen molar-refractivity contribution in [2.24, 2.45) is 5.92 Å². The molecule has 5 nitrogen and oxygen atoms in total. The van der Waals surface area contributed by atoms with Gasteiger partial charge in [0.2, 0.25) is 0 Å². The number of nitrogens with one attached hydrogen (secondary N) is 1. The summed E-state index contributed by atoms with van der Waals surface area (Å²) in [5, 5.41) is 2.59. The first kappa shape index (κ1) is 19.6. The molecule has 1 aromatic carbocycles. The molecule has 138 valence electrons. The highest BCUT2D eigenvalue weighted by Crippen LogP contribution is 2.34. The smallest absolute Gasteiger partial charge is 0.329 e. The molecule has 1 N–H and O–H groups in total. The molecule has 7 heteroatoms. The van der Waals surface area contributed by atoms with Crippen LogP contribution in [0.15, 0.2) is 24.3 Å². The maximum atomic E-state index is 13.3. The molecule has 2 unspecified atom stereocenters. The van der Waals surface area contributed by atoms with Gasteiger partial charge in [0.25, 0.3) is 0 Å². The molecule has 0 aliphatic carbocycles. The number of carbonyl (C=O) groups is 2. The van der Waals surface area contributed by atoms with Gasteiger partial charge in [-0.15, -0.1) is 11.8 Å². The third-order valence-electron chi connectivity index (χ3n) is 3.80. The average molecular weight is 368 g/mol. The van der Waals surface area contributed by atoms with Crippen LogP contribution in [0.1, 0.15) is 33.6 Å². The van der Waals surface area contributed by atoms with Crippen LogP contribution >= 0.6 is 11.8 Å². The number of hydrogen-bond donors (Lipinski definition) is 1. The summed E-state index contributed by atoms with van der Waals surface area (Å²) in [6, 6.07) is 4.69. The number of ether oxygens (including phenoxy) is 1. The number of hydrogen-bond acceptors (Lipinski definition) is 4. The zero-order valence-electron chi connectivity index (χ0n) is 14.8. The van der Waals surface area contributed by atoms with Gasteiger partial charge in [-0.25, -0.2) is 14.0 Å². The first-order valence-electron chi connectivity index (χ1n) is 8.55. The third kappa shape index (κ3) is 5.36. The van der Waals surface area contributed by atoms with E-state index in [0.29, 0.717) is 24.0 Å². The summed E-state index contributed by atoms with van der Waals surface area (Å²) in [6.07, 6.45) is 1.51. The molecule has 1 aliphatic rings. The first-order valence-corrected chi connectivity index (χ1v) is 9.60. The fourth-order valence-electron chi connectivity index (χ4n) is 2.66. The topological polar surface area (TPSA) is 58.6 Å². The first-order chi connectivity index (χ1) is 11.9. The van der Waals surface area contributed by atoms with Crippen LogP contribution in [-0.2, 0) is 9.53 Å². The minimum Gasteiger partial charge on any atom is -0.464 e. The molecule has 0 bridgehead atoms. The van der Waals surface area contributed by atoms with E-state index in [1.807, 2.05) is 6.92 Å². The molecule has 2 amide bonds. The number of rotatable bonds is 6. The predicted octanol–water partition coefficient (Wildman–Crippen LogP) is 4.10. The molecule has 1 heterocycles. The van der Waals surface area contributed by atoms with Crippen molar-refractivity contribution in [2.45, 2.75) is 45.0 Å². The fourth-order valence-corrected chi connectivity index (χ4v) is 4.28. The maximum absolute atomic E-state index is 13.3. The Morgan fingerprint density at radius 1 is 1.44 bits per heavy atom. The largest absolute Gasteiger partial charge is 0.464 e. The maximum Gasteiger partial charge on any atom is 0.329 e. The van der Waals surface area contributed by atoms with Gasteiger partial charge in [-0.05, 0) is 37.0 Å². The van der Waals surface area contributed by atoms with E-state index >= 15 is 0 Å². The SMILES string of the molecule is CCCOC(=O)C1CSC(CC(C)C)N1C(=O)Nc1cccc(F)c1. The standard InChI is InChI=1S/C18H25FN2O3S/c1-4-8-24-17(22)15-11-25-16(9-12(2)3)21(15)18(23)20-14-7-5-6-13(19)10-14/h5-7,10,12,15-16H,4,8-9,11H2,1-3H3,(H,20,23). The lowest BCUT2D eigenvalue weighted by Crippen LogP contribution is -2.48. The van der Waals surface area contributed by atoms with Gasteiger partial charge in [-0.3, -0.25) is 4.90 Å². The van der Waals surface area contributed by atoms with Crippen molar-refractivity contribution in [3.8, 4) is 0 Å². The lowest BCUT2D eigenvalue weighted by Gasteiger charge is -2.29. The summed E-state index contributed by atoms with van der Waals surface area (Å²) in [6.45, 7) is 6.42. The third-order valence-corrected chi connectivity index (χ3v) is 5.11. The Morgan fingerprint density at radius 2 is 2.20 bits per heavy atom. The fraction of sp³-hybridized carbons (Fsp3) is 0.556. The Morgan fingerprint density at radius 3 is 2.84 bits per heavy atom. The van der Waals surface area contributed by atoms with Crippen LogP contribution in [0.3, 0.4) is 0 Å². The zero-order valence-corrected chi connectivity index (χ0v) is 15.6. The van der Waals surface area contributed by atoms with Crippen molar-refractivity contribution < 1.29 is 18.7 Å². The summed E-state index contributed by atoms with van der Waals surface area (Å²) in [5.41, 5.74) is 0.367. The van der Waals surface area contributed by atoms with E-state index < -0.39 is 17.9 Å².